The largest absolute Gasteiger partial charge is 0.496 e. The molecular weight excluding hydrogens is 348 g/mol. The molecule has 1 aliphatic rings. The van der Waals surface area contributed by atoms with Crippen LogP contribution in [0.1, 0.15) is 29.8 Å². The van der Waals surface area contributed by atoms with E-state index in [2.05, 4.69) is 0 Å². The Morgan fingerprint density at radius 3 is 2.74 bits per heavy atom. The SMILES string of the molecule is CCOC(=O)C(C)Oc1ccc2c(c1)O/C(=C\c1ccccc1OC)C2=O. The molecule has 1 heterocycles. The Labute approximate surface area is 157 Å². The lowest BCUT2D eigenvalue weighted by Crippen LogP contribution is -2.26. The third kappa shape index (κ3) is 3.95. The van der Waals surface area contributed by atoms with E-state index in [0.29, 0.717) is 22.8 Å². The molecule has 0 aromatic heterocycles. The fraction of sp³-hybridized carbons (Fsp3) is 0.238. The van der Waals surface area contributed by atoms with Crippen molar-refractivity contribution in [1.82, 2.24) is 0 Å². The van der Waals surface area contributed by atoms with E-state index in [0.717, 1.165) is 5.56 Å². The summed E-state index contributed by atoms with van der Waals surface area (Å²) in [5.74, 6) is 0.970. The van der Waals surface area contributed by atoms with Crippen molar-refractivity contribution in [3.63, 3.8) is 0 Å². The molecule has 0 spiro atoms. The van der Waals surface area contributed by atoms with E-state index >= 15 is 0 Å². The Bertz CT molecular complexity index is 899. The van der Waals surface area contributed by atoms with Crippen molar-refractivity contribution >= 4 is 17.8 Å². The summed E-state index contributed by atoms with van der Waals surface area (Å²) >= 11 is 0. The molecule has 0 aliphatic carbocycles. The van der Waals surface area contributed by atoms with Crippen LogP contribution in [0, 0.1) is 0 Å². The number of allylic oxidation sites excluding steroid dienone is 1. The number of rotatable bonds is 6. The molecule has 2 aromatic rings. The van der Waals surface area contributed by atoms with Gasteiger partial charge in [-0.15, -0.1) is 0 Å². The van der Waals surface area contributed by atoms with E-state index in [4.69, 9.17) is 18.9 Å². The Hall–Kier alpha value is -3.28. The lowest BCUT2D eigenvalue weighted by Gasteiger charge is -2.13. The highest BCUT2D eigenvalue weighted by Gasteiger charge is 2.28. The summed E-state index contributed by atoms with van der Waals surface area (Å²) in [6.07, 6.45) is 0.881. The van der Waals surface area contributed by atoms with Gasteiger partial charge in [0.1, 0.15) is 17.2 Å². The van der Waals surface area contributed by atoms with E-state index in [1.54, 1.807) is 45.2 Å². The Morgan fingerprint density at radius 1 is 1.22 bits per heavy atom. The summed E-state index contributed by atoms with van der Waals surface area (Å²) in [5, 5.41) is 0. The van der Waals surface area contributed by atoms with Crippen molar-refractivity contribution in [2.75, 3.05) is 13.7 Å². The number of ether oxygens (including phenoxy) is 4. The van der Waals surface area contributed by atoms with Crippen LogP contribution >= 0.6 is 0 Å². The van der Waals surface area contributed by atoms with Crippen molar-refractivity contribution in [1.29, 1.82) is 0 Å². The van der Waals surface area contributed by atoms with Gasteiger partial charge in [-0.3, -0.25) is 4.79 Å². The number of benzene rings is 2. The number of fused-ring (bicyclic) bond motifs is 1. The van der Waals surface area contributed by atoms with Gasteiger partial charge >= 0.3 is 5.97 Å². The second-order valence-electron chi connectivity index (χ2n) is 5.85. The number of carbonyl (C=O) groups excluding carboxylic acids is 2. The number of esters is 1. The molecule has 0 N–H and O–H groups in total. The van der Waals surface area contributed by atoms with E-state index in [9.17, 15) is 9.59 Å². The smallest absolute Gasteiger partial charge is 0.347 e. The average Bonchev–Trinajstić information content (AvgIpc) is 2.97. The summed E-state index contributed by atoms with van der Waals surface area (Å²) in [7, 11) is 1.57. The van der Waals surface area contributed by atoms with Gasteiger partial charge in [0.2, 0.25) is 5.78 Å². The van der Waals surface area contributed by atoms with Gasteiger partial charge in [-0.2, -0.15) is 0 Å². The van der Waals surface area contributed by atoms with Crippen LogP contribution in [0.5, 0.6) is 17.2 Å². The average molecular weight is 368 g/mol. The maximum Gasteiger partial charge on any atom is 0.347 e. The molecule has 6 nitrogen and oxygen atoms in total. The van der Waals surface area contributed by atoms with Crippen LogP contribution in [0.15, 0.2) is 48.2 Å². The van der Waals surface area contributed by atoms with Crippen molar-refractivity contribution in [2.24, 2.45) is 0 Å². The molecule has 0 fully saturated rings. The highest BCUT2D eigenvalue weighted by Crippen LogP contribution is 2.36. The van der Waals surface area contributed by atoms with Crippen molar-refractivity contribution in [2.45, 2.75) is 20.0 Å². The number of methoxy groups -OCH3 is 1. The Morgan fingerprint density at radius 2 is 2.00 bits per heavy atom. The summed E-state index contributed by atoms with van der Waals surface area (Å²) in [6, 6.07) is 12.2. The number of ketones is 1. The van der Waals surface area contributed by atoms with Gasteiger partial charge in [-0.05, 0) is 38.1 Å². The minimum atomic E-state index is -0.760. The van der Waals surface area contributed by atoms with E-state index < -0.39 is 12.1 Å². The fourth-order valence-electron chi connectivity index (χ4n) is 2.68. The third-order valence-electron chi connectivity index (χ3n) is 4.00. The molecule has 2 aromatic carbocycles. The lowest BCUT2D eigenvalue weighted by atomic mass is 10.1. The molecule has 3 rings (SSSR count). The van der Waals surface area contributed by atoms with E-state index in [-0.39, 0.29) is 18.1 Å². The maximum absolute atomic E-state index is 12.6. The van der Waals surface area contributed by atoms with Crippen LogP contribution in [-0.2, 0) is 9.53 Å². The number of para-hydroxylation sites is 1. The number of hydrogen-bond donors (Lipinski definition) is 0. The number of hydrogen-bond acceptors (Lipinski definition) is 6. The Balaban J connectivity index is 1.81. The number of Topliss-reactive ketones (excluding diaryl/α,β-unsaturated/α-hetero) is 1. The molecule has 1 unspecified atom stereocenters. The maximum atomic E-state index is 12.6. The summed E-state index contributed by atoms with van der Waals surface area (Å²) < 4.78 is 21.5. The molecule has 1 aliphatic heterocycles. The van der Waals surface area contributed by atoms with E-state index in [1.165, 1.54) is 0 Å². The highest BCUT2D eigenvalue weighted by molar-refractivity contribution is 6.14. The Kier molecular flexibility index (Phi) is 5.45. The summed E-state index contributed by atoms with van der Waals surface area (Å²) in [6.45, 7) is 3.62. The molecule has 27 heavy (non-hydrogen) atoms. The molecule has 0 saturated carbocycles. The minimum absolute atomic E-state index is 0.199. The summed E-state index contributed by atoms with van der Waals surface area (Å²) in [4.78, 5) is 24.3. The third-order valence-corrected chi connectivity index (χ3v) is 4.00. The standard InChI is InChI=1S/C21H20O6/c1-4-25-21(23)13(2)26-15-9-10-16-18(12-15)27-19(20(16)22)11-14-7-5-6-8-17(14)24-3/h5-13H,4H2,1-3H3/b19-11-. The molecule has 0 bridgehead atoms. The second-order valence-corrected chi connectivity index (χ2v) is 5.85. The van der Waals surface area contributed by atoms with Gasteiger partial charge in [0.25, 0.3) is 0 Å². The van der Waals surface area contributed by atoms with Gasteiger partial charge in [-0.1, -0.05) is 18.2 Å². The first kappa shape index (κ1) is 18.5. The molecule has 1 atom stereocenters. The van der Waals surface area contributed by atoms with Crippen LogP contribution in [-0.4, -0.2) is 31.6 Å². The predicted octanol–water partition coefficient (Wildman–Crippen LogP) is 3.64. The lowest BCUT2D eigenvalue weighted by molar-refractivity contribution is -0.150. The van der Waals surface area contributed by atoms with Crippen molar-refractivity contribution in [3.05, 3.63) is 59.4 Å². The second kappa shape index (κ2) is 7.95. The molecule has 0 amide bonds. The van der Waals surface area contributed by atoms with Crippen LogP contribution in [0.4, 0.5) is 0 Å². The topological polar surface area (TPSA) is 71.1 Å². The zero-order valence-corrected chi connectivity index (χ0v) is 15.4. The minimum Gasteiger partial charge on any atom is -0.496 e. The molecule has 6 heteroatoms. The van der Waals surface area contributed by atoms with Crippen LogP contribution in [0.2, 0.25) is 0 Å². The normalized spacial score (nSPS) is 15.1. The zero-order chi connectivity index (χ0) is 19.4. The molecule has 0 radical (unpaired) electrons. The quantitative estimate of drug-likeness (QED) is 0.573. The molecule has 140 valence electrons. The fourth-order valence-corrected chi connectivity index (χ4v) is 2.68. The van der Waals surface area contributed by atoms with Crippen LogP contribution < -0.4 is 14.2 Å². The van der Waals surface area contributed by atoms with Gasteiger partial charge in [0, 0.05) is 11.6 Å². The van der Waals surface area contributed by atoms with Crippen LogP contribution in [0.25, 0.3) is 6.08 Å². The van der Waals surface area contributed by atoms with E-state index in [1.807, 2.05) is 24.3 Å². The molecular formula is C21H20O6. The van der Waals surface area contributed by atoms with Crippen molar-refractivity contribution in [3.8, 4) is 17.2 Å². The monoisotopic (exact) mass is 368 g/mol. The van der Waals surface area contributed by atoms with Gasteiger partial charge in [0.15, 0.2) is 11.9 Å². The zero-order valence-electron chi connectivity index (χ0n) is 15.4. The summed E-state index contributed by atoms with van der Waals surface area (Å²) in [5.41, 5.74) is 1.18. The van der Waals surface area contributed by atoms with Gasteiger partial charge < -0.3 is 18.9 Å². The van der Waals surface area contributed by atoms with Crippen molar-refractivity contribution < 1.29 is 28.5 Å². The van der Waals surface area contributed by atoms with Gasteiger partial charge in [-0.25, -0.2) is 4.79 Å². The molecule has 0 saturated heterocycles. The predicted molar refractivity (Wildman–Crippen MR) is 99.1 cm³/mol. The first-order valence-corrected chi connectivity index (χ1v) is 8.58. The van der Waals surface area contributed by atoms with Gasteiger partial charge in [0.05, 0.1) is 19.3 Å². The highest BCUT2D eigenvalue weighted by atomic mass is 16.6. The first-order valence-electron chi connectivity index (χ1n) is 8.58. The first-order chi connectivity index (χ1) is 13.0. The number of carbonyl (C=O) groups is 2. The van der Waals surface area contributed by atoms with Crippen LogP contribution in [0.3, 0.4) is 0 Å².